The Labute approximate surface area is 105 Å². The zero-order valence-electron chi connectivity index (χ0n) is 10.4. The number of hydrogen-bond acceptors (Lipinski definition) is 4. The molecule has 0 radical (unpaired) electrons. The van der Waals surface area contributed by atoms with Gasteiger partial charge in [-0.05, 0) is 26.3 Å². The van der Waals surface area contributed by atoms with E-state index in [1.165, 1.54) is 12.1 Å². The maximum absolute atomic E-state index is 11.1. The second kappa shape index (κ2) is 4.40. The summed E-state index contributed by atoms with van der Waals surface area (Å²) in [4.78, 5) is 11.1. The van der Waals surface area contributed by atoms with Gasteiger partial charge < -0.3 is 19.7 Å². The molecule has 0 saturated heterocycles. The standard InChI is InChI=1S/C13H16O5/c1-13(2,12(15)16)7-8-5-9(14)6-10-11(8)18-4-3-17-10/h5-6,14H,3-4,7H2,1-2H3,(H,15,16). The van der Waals surface area contributed by atoms with Crippen LogP contribution in [0.15, 0.2) is 12.1 Å². The van der Waals surface area contributed by atoms with Crippen LogP contribution >= 0.6 is 0 Å². The number of aliphatic carboxylic acids is 1. The summed E-state index contributed by atoms with van der Waals surface area (Å²) in [5.74, 6) is 0.164. The molecule has 5 nitrogen and oxygen atoms in total. The van der Waals surface area contributed by atoms with Gasteiger partial charge in [0, 0.05) is 11.6 Å². The van der Waals surface area contributed by atoms with Crippen molar-refractivity contribution in [3.05, 3.63) is 17.7 Å². The summed E-state index contributed by atoms with van der Waals surface area (Å²) in [6, 6.07) is 3.00. The topological polar surface area (TPSA) is 76.0 Å². The minimum Gasteiger partial charge on any atom is -0.508 e. The molecule has 1 aromatic carbocycles. The highest BCUT2D eigenvalue weighted by molar-refractivity contribution is 5.74. The van der Waals surface area contributed by atoms with Crippen LogP contribution in [0.1, 0.15) is 19.4 Å². The monoisotopic (exact) mass is 252 g/mol. The second-order valence-corrected chi connectivity index (χ2v) is 4.99. The largest absolute Gasteiger partial charge is 0.508 e. The zero-order chi connectivity index (χ0) is 13.3. The van der Waals surface area contributed by atoms with Crippen molar-refractivity contribution in [1.29, 1.82) is 0 Å². The van der Waals surface area contributed by atoms with E-state index in [-0.39, 0.29) is 12.2 Å². The van der Waals surface area contributed by atoms with Crippen molar-refractivity contribution in [2.45, 2.75) is 20.3 Å². The first-order valence-electron chi connectivity index (χ1n) is 5.75. The molecule has 0 unspecified atom stereocenters. The van der Waals surface area contributed by atoms with Crippen molar-refractivity contribution < 1.29 is 24.5 Å². The van der Waals surface area contributed by atoms with Crippen LogP contribution in [0.3, 0.4) is 0 Å². The summed E-state index contributed by atoms with van der Waals surface area (Å²) in [7, 11) is 0. The highest BCUT2D eigenvalue weighted by Crippen LogP contribution is 2.40. The smallest absolute Gasteiger partial charge is 0.309 e. The van der Waals surface area contributed by atoms with E-state index >= 15 is 0 Å². The average Bonchev–Trinajstić information content (AvgIpc) is 2.28. The van der Waals surface area contributed by atoms with Gasteiger partial charge >= 0.3 is 5.97 Å². The molecule has 98 valence electrons. The molecule has 1 aliphatic rings. The number of carboxylic acids is 1. The fraction of sp³-hybridized carbons (Fsp3) is 0.462. The summed E-state index contributed by atoms with van der Waals surface area (Å²) in [5, 5.41) is 18.8. The number of ether oxygens (including phenoxy) is 2. The average molecular weight is 252 g/mol. The lowest BCUT2D eigenvalue weighted by atomic mass is 9.85. The number of fused-ring (bicyclic) bond motifs is 1. The maximum atomic E-state index is 11.1. The van der Waals surface area contributed by atoms with E-state index in [2.05, 4.69) is 0 Å². The molecule has 0 fully saturated rings. The van der Waals surface area contributed by atoms with Crippen LogP contribution in [0.2, 0.25) is 0 Å². The normalized spacial score (nSPS) is 14.3. The van der Waals surface area contributed by atoms with E-state index in [1.54, 1.807) is 13.8 Å². The van der Waals surface area contributed by atoms with Crippen LogP contribution in [0.5, 0.6) is 17.2 Å². The fourth-order valence-corrected chi connectivity index (χ4v) is 1.89. The van der Waals surface area contributed by atoms with E-state index in [0.717, 1.165) is 0 Å². The fourth-order valence-electron chi connectivity index (χ4n) is 1.89. The molecular formula is C13H16O5. The summed E-state index contributed by atoms with van der Waals surface area (Å²) in [6.45, 7) is 4.13. The van der Waals surface area contributed by atoms with Crippen molar-refractivity contribution in [2.75, 3.05) is 13.2 Å². The molecule has 2 N–H and O–H groups in total. The quantitative estimate of drug-likeness (QED) is 0.858. The molecule has 0 aliphatic carbocycles. The molecule has 0 spiro atoms. The Kier molecular flexibility index (Phi) is 3.07. The number of carbonyl (C=O) groups is 1. The van der Waals surface area contributed by atoms with Crippen LogP contribution in [-0.2, 0) is 11.2 Å². The maximum Gasteiger partial charge on any atom is 0.309 e. The molecule has 0 aromatic heterocycles. The summed E-state index contributed by atoms with van der Waals surface area (Å²) < 4.78 is 10.9. The van der Waals surface area contributed by atoms with Crippen molar-refractivity contribution in [3.63, 3.8) is 0 Å². The summed E-state index contributed by atoms with van der Waals surface area (Å²) in [5.41, 5.74) is -0.278. The molecule has 0 bridgehead atoms. The lowest BCUT2D eigenvalue weighted by Crippen LogP contribution is -2.27. The zero-order valence-corrected chi connectivity index (χ0v) is 10.4. The van der Waals surface area contributed by atoms with Crippen molar-refractivity contribution >= 4 is 5.97 Å². The van der Waals surface area contributed by atoms with Crippen LogP contribution in [0.25, 0.3) is 0 Å². The van der Waals surface area contributed by atoms with E-state index in [9.17, 15) is 9.90 Å². The number of carboxylic acid groups (broad SMARTS) is 1. The number of phenolic OH excluding ortho intramolecular Hbond substituents is 1. The molecule has 2 rings (SSSR count). The van der Waals surface area contributed by atoms with Gasteiger partial charge in [-0.3, -0.25) is 4.79 Å². The third-order valence-corrected chi connectivity index (χ3v) is 2.92. The van der Waals surface area contributed by atoms with Gasteiger partial charge in [-0.25, -0.2) is 0 Å². The minimum absolute atomic E-state index is 0.0513. The predicted octanol–water partition coefficient (Wildman–Crippen LogP) is 1.82. The number of hydrogen-bond donors (Lipinski definition) is 2. The predicted molar refractivity (Wildman–Crippen MR) is 64.2 cm³/mol. The molecule has 0 saturated carbocycles. The molecule has 0 amide bonds. The second-order valence-electron chi connectivity index (χ2n) is 4.99. The SMILES string of the molecule is CC(C)(Cc1cc(O)cc2c1OCCO2)C(=O)O. The van der Waals surface area contributed by atoms with E-state index in [1.807, 2.05) is 0 Å². The minimum atomic E-state index is -0.928. The first-order chi connectivity index (χ1) is 8.40. The Hall–Kier alpha value is -1.91. The molecule has 5 heteroatoms. The van der Waals surface area contributed by atoms with Crippen molar-refractivity contribution in [3.8, 4) is 17.2 Å². The Morgan fingerprint density at radius 1 is 1.33 bits per heavy atom. The molecule has 1 aromatic rings. The first kappa shape index (κ1) is 12.5. The van der Waals surface area contributed by atoms with Crippen LogP contribution < -0.4 is 9.47 Å². The Morgan fingerprint density at radius 3 is 2.67 bits per heavy atom. The third-order valence-electron chi connectivity index (χ3n) is 2.92. The lowest BCUT2D eigenvalue weighted by molar-refractivity contribution is -0.146. The summed E-state index contributed by atoms with van der Waals surface area (Å²) >= 11 is 0. The van der Waals surface area contributed by atoms with Gasteiger partial charge in [0.2, 0.25) is 0 Å². The molecule has 1 aliphatic heterocycles. The number of phenols is 1. The Balaban J connectivity index is 2.38. The number of rotatable bonds is 3. The lowest BCUT2D eigenvalue weighted by Gasteiger charge is -2.25. The van der Waals surface area contributed by atoms with Gasteiger partial charge in [-0.2, -0.15) is 0 Å². The van der Waals surface area contributed by atoms with Crippen LogP contribution in [0, 0.1) is 5.41 Å². The van der Waals surface area contributed by atoms with Crippen molar-refractivity contribution in [2.24, 2.45) is 5.41 Å². The van der Waals surface area contributed by atoms with E-state index in [4.69, 9.17) is 14.6 Å². The van der Waals surface area contributed by atoms with Gasteiger partial charge in [0.05, 0.1) is 5.41 Å². The molecule has 1 heterocycles. The van der Waals surface area contributed by atoms with E-state index in [0.29, 0.717) is 30.3 Å². The molecular weight excluding hydrogens is 236 g/mol. The number of benzene rings is 1. The van der Waals surface area contributed by atoms with Crippen molar-refractivity contribution in [1.82, 2.24) is 0 Å². The Morgan fingerprint density at radius 2 is 2.00 bits per heavy atom. The molecule has 18 heavy (non-hydrogen) atoms. The van der Waals surface area contributed by atoms with Gasteiger partial charge in [0.25, 0.3) is 0 Å². The van der Waals surface area contributed by atoms with Gasteiger partial charge in [0.15, 0.2) is 11.5 Å². The Bertz CT molecular complexity index is 479. The van der Waals surface area contributed by atoms with Gasteiger partial charge in [-0.15, -0.1) is 0 Å². The highest BCUT2D eigenvalue weighted by Gasteiger charge is 2.30. The third kappa shape index (κ3) is 2.34. The van der Waals surface area contributed by atoms with Crippen LogP contribution in [0.4, 0.5) is 0 Å². The highest BCUT2D eigenvalue weighted by atomic mass is 16.6. The van der Waals surface area contributed by atoms with Gasteiger partial charge in [-0.1, -0.05) is 0 Å². The van der Waals surface area contributed by atoms with Crippen LogP contribution in [-0.4, -0.2) is 29.4 Å². The van der Waals surface area contributed by atoms with Gasteiger partial charge in [0.1, 0.15) is 19.0 Å². The number of aromatic hydroxyl groups is 1. The first-order valence-corrected chi connectivity index (χ1v) is 5.75. The van der Waals surface area contributed by atoms with E-state index < -0.39 is 11.4 Å². The summed E-state index contributed by atoms with van der Waals surface area (Å²) in [6.07, 6.45) is 0.266. The molecule has 0 atom stereocenters.